The molecule has 1 fully saturated rings. The van der Waals surface area contributed by atoms with Gasteiger partial charge in [0, 0.05) is 24.5 Å². The molecule has 5 heteroatoms. The standard InChI is InChI=1S/C27H33NO4/c1-31-25-9-4-6-20(16-25)17-28(22-12-14-23(29)15-13-22)18-24(30)19-32-27-11-5-8-21-7-2-3-10-26(21)27/h2-11,16,22-24,29-30H,12-15,17-19H2,1H3. The highest BCUT2D eigenvalue weighted by Gasteiger charge is 2.27. The van der Waals surface area contributed by atoms with Gasteiger partial charge in [0.2, 0.25) is 0 Å². The van der Waals surface area contributed by atoms with Crippen molar-refractivity contribution in [1.82, 2.24) is 4.90 Å². The smallest absolute Gasteiger partial charge is 0.127 e. The van der Waals surface area contributed by atoms with Gasteiger partial charge in [-0.3, -0.25) is 4.90 Å². The lowest BCUT2D eigenvalue weighted by atomic mass is 9.91. The van der Waals surface area contributed by atoms with Crippen molar-refractivity contribution in [3.63, 3.8) is 0 Å². The van der Waals surface area contributed by atoms with Crippen molar-refractivity contribution in [2.24, 2.45) is 0 Å². The average molecular weight is 436 g/mol. The minimum atomic E-state index is -0.619. The highest BCUT2D eigenvalue weighted by atomic mass is 16.5. The van der Waals surface area contributed by atoms with Gasteiger partial charge >= 0.3 is 0 Å². The molecule has 1 saturated carbocycles. The van der Waals surface area contributed by atoms with Crippen LogP contribution in [0.5, 0.6) is 11.5 Å². The summed E-state index contributed by atoms with van der Waals surface area (Å²) >= 11 is 0. The van der Waals surface area contributed by atoms with Crippen LogP contribution in [0.3, 0.4) is 0 Å². The lowest BCUT2D eigenvalue weighted by Crippen LogP contribution is -2.44. The van der Waals surface area contributed by atoms with Crippen LogP contribution in [0.1, 0.15) is 31.2 Å². The van der Waals surface area contributed by atoms with Crippen LogP contribution in [0.25, 0.3) is 10.8 Å². The van der Waals surface area contributed by atoms with Gasteiger partial charge in [-0.25, -0.2) is 0 Å². The second-order valence-electron chi connectivity index (χ2n) is 8.69. The topological polar surface area (TPSA) is 62.2 Å². The van der Waals surface area contributed by atoms with Crippen LogP contribution < -0.4 is 9.47 Å². The Kier molecular flexibility index (Phi) is 7.63. The monoisotopic (exact) mass is 435 g/mol. The Morgan fingerprint density at radius 1 is 0.969 bits per heavy atom. The first-order chi connectivity index (χ1) is 15.6. The molecule has 1 aliphatic carbocycles. The molecule has 1 atom stereocenters. The second-order valence-corrected chi connectivity index (χ2v) is 8.69. The molecule has 0 aromatic heterocycles. The maximum atomic E-state index is 10.9. The number of benzene rings is 3. The van der Waals surface area contributed by atoms with Crippen molar-refractivity contribution in [3.8, 4) is 11.5 Å². The lowest BCUT2D eigenvalue weighted by molar-refractivity contribution is 0.0235. The third-order valence-corrected chi connectivity index (χ3v) is 6.33. The fourth-order valence-electron chi connectivity index (χ4n) is 4.60. The Labute approximate surface area is 190 Å². The number of rotatable bonds is 9. The van der Waals surface area contributed by atoms with Crippen molar-refractivity contribution in [3.05, 3.63) is 72.3 Å². The maximum absolute atomic E-state index is 10.9. The molecule has 5 nitrogen and oxygen atoms in total. The summed E-state index contributed by atoms with van der Waals surface area (Å²) in [6, 6.07) is 22.5. The van der Waals surface area contributed by atoms with Crippen LogP contribution in [0.4, 0.5) is 0 Å². The Morgan fingerprint density at radius 2 is 1.72 bits per heavy atom. The van der Waals surface area contributed by atoms with Crippen LogP contribution in [0.2, 0.25) is 0 Å². The molecule has 0 heterocycles. The first kappa shape index (κ1) is 22.6. The third kappa shape index (κ3) is 5.80. The molecule has 3 aromatic carbocycles. The molecule has 0 saturated heterocycles. The minimum Gasteiger partial charge on any atom is -0.497 e. The molecule has 3 aromatic rings. The Morgan fingerprint density at radius 3 is 2.53 bits per heavy atom. The number of methoxy groups -OCH3 is 1. The first-order valence-corrected chi connectivity index (χ1v) is 11.5. The molecule has 0 bridgehead atoms. The fourth-order valence-corrected chi connectivity index (χ4v) is 4.60. The summed E-state index contributed by atoms with van der Waals surface area (Å²) < 4.78 is 11.4. The number of aliphatic hydroxyl groups is 2. The van der Waals surface area contributed by atoms with E-state index in [9.17, 15) is 10.2 Å². The van der Waals surface area contributed by atoms with Crippen LogP contribution in [0.15, 0.2) is 66.7 Å². The highest BCUT2D eigenvalue weighted by Crippen LogP contribution is 2.27. The van der Waals surface area contributed by atoms with Gasteiger partial charge < -0.3 is 19.7 Å². The number of nitrogens with zero attached hydrogens (tertiary/aromatic N) is 1. The van der Waals surface area contributed by atoms with Gasteiger partial charge in [-0.1, -0.05) is 48.5 Å². The predicted molar refractivity (Wildman–Crippen MR) is 127 cm³/mol. The zero-order chi connectivity index (χ0) is 22.3. The van der Waals surface area contributed by atoms with Gasteiger partial charge in [0.25, 0.3) is 0 Å². The van der Waals surface area contributed by atoms with Crippen molar-refractivity contribution in [2.75, 3.05) is 20.3 Å². The van der Waals surface area contributed by atoms with Crippen molar-refractivity contribution >= 4 is 10.8 Å². The molecule has 1 unspecified atom stereocenters. The van der Waals surface area contributed by atoms with E-state index in [4.69, 9.17) is 9.47 Å². The largest absolute Gasteiger partial charge is 0.497 e. The minimum absolute atomic E-state index is 0.204. The van der Waals surface area contributed by atoms with Gasteiger partial charge in [0.05, 0.1) is 13.2 Å². The quantitative estimate of drug-likeness (QED) is 0.522. The zero-order valence-corrected chi connectivity index (χ0v) is 18.7. The predicted octanol–water partition coefficient (Wildman–Crippen LogP) is 4.39. The molecule has 0 amide bonds. The number of aliphatic hydroxyl groups excluding tert-OH is 2. The van der Waals surface area contributed by atoms with E-state index in [-0.39, 0.29) is 12.7 Å². The molecule has 4 rings (SSSR count). The molecule has 1 aliphatic rings. The molecule has 0 radical (unpaired) electrons. The van der Waals surface area contributed by atoms with Crippen molar-refractivity contribution in [2.45, 2.75) is 50.5 Å². The van der Waals surface area contributed by atoms with Gasteiger partial charge in [-0.2, -0.15) is 0 Å². The SMILES string of the molecule is COc1cccc(CN(CC(O)COc2cccc3ccccc23)C2CCC(O)CC2)c1. The van der Waals surface area contributed by atoms with Crippen LogP contribution in [0, 0.1) is 0 Å². The molecule has 2 N–H and O–H groups in total. The highest BCUT2D eigenvalue weighted by molar-refractivity contribution is 5.88. The number of hydrogen-bond donors (Lipinski definition) is 2. The Bertz CT molecular complexity index is 994. The third-order valence-electron chi connectivity index (χ3n) is 6.33. The van der Waals surface area contributed by atoms with E-state index in [1.54, 1.807) is 7.11 Å². The summed E-state index contributed by atoms with van der Waals surface area (Å²) in [5.74, 6) is 1.63. The van der Waals surface area contributed by atoms with E-state index in [0.29, 0.717) is 12.6 Å². The van der Waals surface area contributed by atoms with E-state index in [0.717, 1.165) is 60.1 Å². The number of hydrogen-bond acceptors (Lipinski definition) is 5. The van der Waals surface area contributed by atoms with E-state index >= 15 is 0 Å². The first-order valence-electron chi connectivity index (χ1n) is 11.5. The van der Waals surface area contributed by atoms with E-state index < -0.39 is 6.10 Å². The summed E-state index contributed by atoms with van der Waals surface area (Å²) in [6.45, 7) is 1.48. The van der Waals surface area contributed by atoms with Crippen LogP contribution in [-0.4, -0.2) is 53.6 Å². The van der Waals surface area contributed by atoms with Crippen LogP contribution >= 0.6 is 0 Å². The summed E-state index contributed by atoms with van der Waals surface area (Å²) in [6.07, 6.45) is 2.66. The summed E-state index contributed by atoms with van der Waals surface area (Å²) in [5.41, 5.74) is 1.15. The molecular formula is C27H33NO4. The molecule has 170 valence electrons. The van der Waals surface area contributed by atoms with Gasteiger partial charge in [-0.05, 0) is 54.8 Å². The normalized spacial score (nSPS) is 19.8. The molecule has 32 heavy (non-hydrogen) atoms. The van der Waals surface area contributed by atoms with E-state index in [1.165, 1.54) is 0 Å². The Balaban J connectivity index is 1.43. The van der Waals surface area contributed by atoms with Gasteiger partial charge in [-0.15, -0.1) is 0 Å². The van der Waals surface area contributed by atoms with Crippen molar-refractivity contribution in [1.29, 1.82) is 0 Å². The lowest BCUT2D eigenvalue weighted by Gasteiger charge is -2.37. The molecule has 0 spiro atoms. The van der Waals surface area contributed by atoms with Gasteiger partial charge in [0.1, 0.15) is 24.2 Å². The molecule has 0 aliphatic heterocycles. The van der Waals surface area contributed by atoms with Crippen LogP contribution in [-0.2, 0) is 6.54 Å². The summed E-state index contributed by atoms with van der Waals surface area (Å²) in [5, 5.41) is 23.0. The number of ether oxygens (including phenoxy) is 2. The second kappa shape index (κ2) is 10.8. The van der Waals surface area contributed by atoms with E-state index in [2.05, 4.69) is 23.1 Å². The average Bonchev–Trinajstić information content (AvgIpc) is 2.83. The fraction of sp³-hybridized carbons (Fsp3) is 0.407. The maximum Gasteiger partial charge on any atom is 0.127 e. The molecular weight excluding hydrogens is 402 g/mol. The zero-order valence-electron chi connectivity index (χ0n) is 18.7. The summed E-state index contributed by atoms with van der Waals surface area (Å²) in [7, 11) is 1.67. The number of fused-ring (bicyclic) bond motifs is 1. The van der Waals surface area contributed by atoms with Crippen molar-refractivity contribution < 1.29 is 19.7 Å². The Hall–Kier alpha value is -2.60. The van der Waals surface area contributed by atoms with E-state index in [1.807, 2.05) is 48.5 Å². The summed E-state index contributed by atoms with van der Waals surface area (Å²) in [4.78, 5) is 2.33. The van der Waals surface area contributed by atoms with Gasteiger partial charge in [0.15, 0.2) is 0 Å².